The van der Waals surface area contributed by atoms with Gasteiger partial charge in [0, 0.05) is 13.0 Å². The lowest BCUT2D eigenvalue weighted by Gasteiger charge is -2.32. The van der Waals surface area contributed by atoms with Crippen LogP contribution in [0.4, 0.5) is 13.2 Å². The van der Waals surface area contributed by atoms with E-state index in [0.717, 1.165) is 5.56 Å². The molecular weight excluding hydrogens is 271 g/mol. The van der Waals surface area contributed by atoms with Gasteiger partial charge in [0.25, 0.3) is 0 Å². The fourth-order valence-electron chi connectivity index (χ4n) is 1.89. The van der Waals surface area contributed by atoms with Gasteiger partial charge in [0.05, 0.1) is 18.8 Å². The van der Waals surface area contributed by atoms with Crippen LogP contribution in [-0.4, -0.2) is 38.2 Å². The van der Waals surface area contributed by atoms with Gasteiger partial charge >= 0.3 is 6.18 Å². The first kappa shape index (κ1) is 16.9. The number of benzene rings is 1. The van der Waals surface area contributed by atoms with Crippen LogP contribution in [0.2, 0.25) is 0 Å². The highest BCUT2D eigenvalue weighted by atomic mass is 19.4. The molecular formula is C14H20F3NO2. The van der Waals surface area contributed by atoms with Gasteiger partial charge in [-0.2, -0.15) is 13.2 Å². The van der Waals surface area contributed by atoms with E-state index < -0.39 is 18.1 Å². The summed E-state index contributed by atoms with van der Waals surface area (Å²) >= 11 is 0. The molecule has 0 aliphatic heterocycles. The molecule has 0 saturated carbocycles. The molecule has 0 spiro atoms. The third-order valence-corrected chi connectivity index (χ3v) is 3.17. The van der Waals surface area contributed by atoms with Crippen molar-refractivity contribution in [2.75, 3.05) is 26.9 Å². The Labute approximate surface area is 116 Å². The molecule has 1 atom stereocenters. The summed E-state index contributed by atoms with van der Waals surface area (Å²) in [6.07, 6.45) is -5.09. The highest BCUT2D eigenvalue weighted by Gasteiger charge is 2.30. The molecule has 6 heteroatoms. The highest BCUT2D eigenvalue weighted by Crippen LogP contribution is 2.23. The minimum Gasteiger partial charge on any atom is -0.394 e. The molecule has 2 N–H and O–H groups in total. The molecule has 0 fully saturated rings. The summed E-state index contributed by atoms with van der Waals surface area (Å²) in [5, 5.41) is 12.6. The summed E-state index contributed by atoms with van der Waals surface area (Å²) in [5.74, 6) is 0. The maximum absolute atomic E-state index is 12.0. The van der Waals surface area contributed by atoms with Crippen LogP contribution in [0.3, 0.4) is 0 Å². The molecule has 3 nitrogen and oxygen atoms in total. The van der Waals surface area contributed by atoms with Crippen LogP contribution in [0, 0.1) is 0 Å². The fourth-order valence-corrected chi connectivity index (χ4v) is 1.89. The quantitative estimate of drug-likeness (QED) is 0.723. The second kappa shape index (κ2) is 7.61. The van der Waals surface area contributed by atoms with Crippen LogP contribution in [-0.2, 0) is 10.3 Å². The van der Waals surface area contributed by atoms with Gasteiger partial charge in [-0.15, -0.1) is 0 Å². The Kier molecular flexibility index (Phi) is 6.45. The predicted octanol–water partition coefficient (Wildman–Crippen LogP) is 2.45. The van der Waals surface area contributed by atoms with Gasteiger partial charge in [0.2, 0.25) is 0 Å². The lowest BCUT2D eigenvalue weighted by atomic mass is 9.92. The molecule has 114 valence electrons. The number of ether oxygens (including phenoxy) is 1. The summed E-state index contributed by atoms with van der Waals surface area (Å²) in [4.78, 5) is 0. The lowest BCUT2D eigenvalue weighted by molar-refractivity contribution is -0.138. The van der Waals surface area contributed by atoms with Crippen LogP contribution >= 0.6 is 0 Å². The first-order valence-electron chi connectivity index (χ1n) is 6.43. The van der Waals surface area contributed by atoms with Gasteiger partial charge in [-0.3, -0.25) is 0 Å². The monoisotopic (exact) mass is 291 g/mol. The van der Waals surface area contributed by atoms with Crippen molar-refractivity contribution >= 4 is 0 Å². The number of aliphatic hydroxyl groups excluding tert-OH is 1. The number of hydrogen-bond acceptors (Lipinski definition) is 3. The summed E-state index contributed by atoms with van der Waals surface area (Å²) in [6.45, 7) is -0.0789. The van der Waals surface area contributed by atoms with Crippen molar-refractivity contribution in [3.05, 3.63) is 35.9 Å². The van der Waals surface area contributed by atoms with Gasteiger partial charge < -0.3 is 15.2 Å². The van der Waals surface area contributed by atoms with E-state index >= 15 is 0 Å². The third-order valence-electron chi connectivity index (χ3n) is 3.17. The molecule has 0 aliphatic carbocycles. The number of likely N-dealkylation sites (N-methyl/N-ethyl adjacent to an activating group) is 1. The van der Waals surface area contributed by atoms with E-state index in [0.29, 0.717) is 0 Å². The number of alkyl halides is 3. The van der Waals surface area contributed by atoms with E-state index in [-0.39, 0.29) is 26.2 Å². The van der Waals surface area contributed by atoms with Gasteiger partial charge in [-0.1, -0.05) is 30.3 Å². The lowest BCUT2D eigenvalue weighted by Crippen LogP contribution is -2.47. The third kappa shape index (κ3) is 5.11. The minimum atomic E-state index is -4.15. The van der Waals surface area contributed by atoms with Crippen LogP contribution in [0.15, 0.2) is 30.3 Å². The molecule has 0 heterocycles. The standard InChI is InChI=1S/C14H20F3NO2/c1-18-13(10-19,12-6-3-2-4-7-12)11-20-9-5-8-14(15,16)17/h2-4,6-7,18-19H,5,8-11H2,1H3. The van der Waals surface area contributed by atoms with Crippen molar-refractivity contribution < 1.29 is 23.0 Å². The fraction of sp³-hybridized carbons (Fsp3) is 0.571. The maximum Gasteiger partial charge on any atom is 0.389 e. The van der Waals surface area contributed by atoms with E-state index in [1.54, 1.807) is 7.05 Å². The number of rotatable bonds is 8. The molecule has 0 aliphatic rings. The van der Waals surface area contributed by atoms with Crippen LogP contribution in [0.1, 0.15) is 18.4 Å². The largest absolute Gasteiger partial charge is 0.394 e. The van der Waals surface area contributed by atoms with Gasteiger partial charge in [0.15, 0.2) is 0 Å². The van der Waals surface area contributed by atoms with Crippen LogP contribution in [0.25, 0.3) is 0 Å². The molecule has 0 saturated heterocycles. The Balaban J connectivity index is 2.52. The second-order valence-electron chi connectivity index (χ2n) is 4.63. The average Bonchev–Trinajstić information content (AvgIpc) is 2.43. The maximum atomic E-state index is 12.0. The van der Waals surface area contributed by atoms with Crippen molar-refractivity contribution in [1.82, 2.24) is 5.32 Å². The number of aliphatic hydroxyl groups is 1. The topological polar surface area (TPSA) is 41.5 Å². The van der Waals surface area contributed by atoms with E-state index in [1.807, 2.05) is 30.3 Å². The smallest absolute Gasteiger partial charge is 0.389 e. The molecule has 0 aromatic heterocycles. The molecule has 1 unspecified atom stereocenters. The molecule has 0 bridgehead atoms. The first-order valence-corrected chi connectivity index (χ1v) is 6.43. The molecule has 1 rings (SSSR count). The van der Waals surface area contributed by atoms with Gasteiger partial charge in [-0.05, 0) is 19.0 Å². The molecule has 0 radical (unpaired) electrons. The first-order chi connectivity index (χ1) is 9.43. The Hall–Kier alpha value is -1.11. The summed E-state index contributed by atoms with van der Waals surface area (Å²) in [5.41, 5.74) is 0.0419. The minimum absolute atomic E-state index is 0.00970. The van der Waals surface area contributed by atoms with Crippen molar-refractivity contribution in [3.8, 4) is 0 Å². The molecule has 1 aromatic rings. The van der Waals surface area contributed by atoms with Crippen molar-refractivity contribution in [3.63, 3.8) is 0 Å². The number of nitrogens with one attached hydrogen (secondary N) is 1. The van der Waals surface area contributed by atoms with Crippen molar-refractivity contribution in [2.45, 2.75) is 24.6 Å². The van der Waals surface area contributed by atoms with Crippen molar-refractivity contribution in [1.29, 1.82) is 0 Å². The molecule has 1 aromatic carbocycles. The number of hydrogen-bond donors (Lipinski definition) is 2. The summed E-state index contributed by atoms with van der Waals surface area (Å²) in [7, 11) is 1.68. The average molecular weight is 291 g/mol. The Bertz CT molecular complexity index is 378. The summed E-state index contributed by atoms with van der Waals surface area (Å²) in [6, 6.07) is 9.20. The molecule has 20 heavy (non-hydrogen) atoms. The SMILES string of the molecule is CNC(CO)(COCCCC(F)(F)F)c1ccccc1. The van der Waals surface area contributed by atoms with Gasteiger partial charge in [-0.25, -0.2) is 0 Å². The highest BCUT2D eigenvalue weighted by molar-refractivity contribution is 5.24. The second-order valence-corrected chi connectivity index (χ2v) is 4.63. The zero-order valence-electron chi connectivity index (χ0n) is 11.4. The zero-order valence-corrected chi connectivity index (χ0v) is 11.4. The van der Waals surface area contributed by atoms with E-state index in [2.05, 4.69) is 5.32 Å². The van der Waals surface area contributed by atoms with E-state index in [1.165, 1.54) is 0 Å². The predicted molar refractivity (Wildman–Crippen MR) is 70.4 cm³/mol. The van der Waals surface area contributed by atoms with E-state index in [4.69, 9.17) is 4.74 Å². The van der Waals surface area contributed by atoms with Crippen LogP contribution < -0.4 is 5.32 Å². The summed E-state index contributed by atoms with van der Waals surface area (Å²) < 4.78 is 41.3. The molecule has 0 amide bonds. The van der Waals surface area contributed by atoms with Crippen molar-refractivity contribution in [2.24, 2.45) is 0 Å². The van der Waals surface area contributed by atoms with Gasteiger partial charge in [0.1, 0.15) is 0 Å². The Morgan fingerprint density at radius 2 is 1.85 bits per heavy atom. The zero-order chi connectivity index (χ0) is 15.1. The van der Waals surface area contributed by atoms with Crippen LogP contribution in [0.5, 0.6) is 0 Å². The van der Waals surface area contributed by atoms with E-state index in [9.17, 15) is 18.3 Å². The Morgan fingerprint density at radius 1 is 1.20 bits per heavy atom. The Morgan fingerprint density at radius 3 is 2.35 bits per heavy atom. The number of halogens is 3. The normalized spacial score (nSPS) is 15.1.